The first-order chi connectivity index (χ1) is 8.74. The maximum Gasteiger partial charge on any atom is 0.256 e. The number of aromatic nitrogens is 2. The van der Waals surface area contributed by atoms with Crippen molar-refractivity contribution in [1.29, 1.82) is 0 Å². The summed E-state index contributed by atoms with van der Waals surface area (Å²) in [7, 11) is 0. The number of rotatable bonds is 2. The van der Waals surface area contributed by atoms with Crippen LogP contribution >= 0.6 is 0 Å². The van der Waals surface area contributed by atoms with E-state index in [4.69, 9.17) is 4.74 Å². The molecule has 0 fully saturated rings. The molecule has 0 unspecified atom stereocenters. The van der Waals surface area contributed by atoms with Gasteiger partial charge >= 0.3 is 0 Å². The molecule has 1 aliphatic rings. The third kappa shape index (κ3) is 1.84. The number of aromatic amines is 1. The zero-order valence-electron chi connectivity index (χ0n) is 9.99. The third-order valence-corrected chi connectivity index (χ3v) is 3.02. The molecule has 18 heavy (non-hydrogen) atoms. The van der Waals surface area contributed by atoms with E-state index in [-0.39, 0.29) is 5.91 Å². The molecule has 2 aromatic rings. The molecule has 1 aromatic carbocycles. The maximum absolute atomic E-state index is 12.1. The van der Waals surface area contributed by atoms with E-state index in [0.717, 1.165) is 23.3 Å². The Labute approximate surface area is 104 Å². The molecule has 1 aliphatic heterocycles. The normalized spacial score (nSPS) is 12.9. The van der Waals surface area contributed by atoms with Crippen LogP contribution < -0.4 is 10.1 Å². The molecule has 92 valence electrons. The number of hydrogen-bond acceptors (Lipinski definition) is 3. The number of fused-ring (bicyclic) bond motifs is 1. The number of carbonyl (C=O) groups excluding carboxylic acids is 1. The summed E-state index contributed by atoms with van der Waals surface area (Å²) in [6.07, 6.45) is 2.53. The Bertz CT molecular complexity index is 604. The molecule has 3 rings (SSSR count). The standard InChI is InChI=1S/C13H13N3O2/c1-8-7-14-16-12(8)15-13(17)10-2-3-11-9(6-10)4-5-18-11/h2-3,6-7H,4-5H2,1H3,(H2,14,15,16,17). The van der Waals surface area contributed by atoms with Gasteiger partial charge in [0, 0.05) is 17.5 Å². The number of anilines is 1. The molecule has 1 aromatic heterocycles. The van der Waals surface area contributed by atoms with Crippen LogP contribution in [0, 0.1) is 6.92 Å². The molecule has 0 bridgehead atoms. The fraction of sp³-hybridized carbons (Fsp3) is 0.231. The minimum absolute atomic E-state index is 0.142. The van der Waals surface area contributed by atoms with Crippen LogP contribution in [0.1, 0.15) is 21.5 Å². The predicted octanol–water partition coefficient (Wildman–Crippen LogP) is 1.91. The Kier molecular flexibility index (Phi) is 2.51. The fourth-order valence-electron chi connectivity index (χ4n) is 1.99. The fourth-order valence-corrected chi connectivity index (χ4v) is 1.99. The minimum Gasteiger partial charge on any atom is -0.493 e. The monoisotopic (exact) mass is 243 g/mol. The SMILES string of the molecule is Cc1cn[nH]c1NC(=O)c1ccc2c(c1)CCO2. The van der Waals surface area contributed by atoms with Crippen molar-refractivity contribution < 1.29 is 9.53 Å². The third-order valence-electron chi connectivity index (χ3n) is 3.02. The molecule has 1 amide bonds. The minimum atomic E-state index is -0.142. The van der Waals surface area contributed by atoms with Crippen LogP contribution in [0.25, 0.3) is 0 Å². The van der Waals surface area contributed by atoms with Gasteiger partial charge in [-0.25, -0.2) is 0 Å². The number of amides is 1. The highest BCUT2D eigenvalue weighted by molar-refractivity contribution is 6.04. The van der Waals surface area contributed by atoms with Gasteiger partial charge in [0.1, 0.15) is 11.6 Å². The van der Waals surface area contributed by atoms with Crippen molar-refractivity contribution in [2.24, 2.45) is 0 Å². The van der Waals surface area contributed by atoms with E-state index in [9.17, 15) is 4.79 Å². The number of nitrogens with zero attached hydrogens (tertiary/aromatic N) is 1. The quantitative estimate of drug-likeness (QED) is 0.846. The molecule has 0 saturated carbocycles. The van der Waals surface area contributed by atoms with E-state index in [1.54, 1.807) is 12.3 Å². The van der Waals surface area contributed by atoms with Gasteiger partial charge in [-0.1, -0.05) is 0 Å². The highest BCUT2D eigenvalue weighted by atomic mass is 16.5. The second kappa shape index (κ2) is 4.18. The first-order valence-corrected chi connectivity index (χ1v) is 5.81. The second-order valence-corrected chi connectivity index (χ2v) is 4.30. The predicted molar refractivity (Wildman–Crippen MR) is 66.9 cm³/mol. The number of H-pyrrole nitrogens is 1. The van der Waals surface area contributed by atoms with Crippen LogP contribution in [0.5, 0.6) is 5.75 Å². The van der Waals surface area contributed by atoms with Gasteiger partial charge in [-0.05, 0) is 30.7 Å². The topological polar surface area (TPSA) is 67.0 Å². The Morgan fingerprint density at radius 1 is 1.50 bits per heavy atom. The summed E-state index contributed by atoms with van der Waals surface area (Å²) in [4.78, 5) is 12.1. The van der Waals surface area contributed by atoms with Crippen molar-refractivity contribution in [2.75, 3.05) is 11.9 Å². The van der Waals surface area contributed by atoms with Crippen molar-refractivity contribution in [1.82, 2.24) is 10.2 Å². The first kappa shape index (κ1) is 10.8. The molecule has 0 atom stereocenters. The lowest BCUT2D eigenvalue weighted by Gasteiger charge is -2.05. The van der Waals surface area contributed by atoms with E-state index < -0.39 is 0 Å². The average Bonchev–Trinajstić information content (AvgIpc) is 2.98. The highest BCUT2D eigenvalue weighted by Crippen LogP contribution is 2.26. The summed E-state index contributed by atoms with van der Waals surface area (Å²) in [6, 6.07) is 5.49. The van der Waals surface area contributed by atoms with Gasteiger partial charge in [0.2, 0.25) is 0 Å². The van der Waals surface area contributed by atoms with E-state index in [1.165, 1.54) is 0 Å². The lowest BCUT2D eigenvalue weighted by molar-refractivity contribution is 0.102. The van der Waals surface area contributed by atoms with Crippen LogP contribution in [0.4, 0.5) is 5.82 Å². The summed E-state index contributed by atoms with van der Waals surface area (Å²) in [6.45, 7) is 2.58. The van der Waals surface area contributed by atoms with Crippen LogP contribution in [0.2, 0.25) is 0 Å². The number of benzene rings is 1. The molecule has 5 heteroatoms. The van der Waals surface area contributed by atoms with Gasteiger partial charge in [-0.15, -0.1) is 0 Å². The lowest BCUT2D eigenvalue weighted by Crippen LogP contribution is -2.13. The number of carbonyl (C=O) groups is 1. The van der Waals surface area contributed by atoms with Gasteiger partial charge in [0.15, 0.2) is 0 Å². The molecule has 0 spiro atoms. The highest BCUT2D eigenvalue weighted by Gasteiger charge is 2.15. The van der Waals surface area contributed by atoms with Gasteiger partial charge in [0.05, 0.1) is 12.8 Å². The Balaban J connectivity index is 1.83. The van der Waals surface area contributed by atoms with E-state index in [0.29, 0.717) is 18.0 Å². The van der Waals surface area contributed by atoms with Gasteiger partial charge < -0.3 is 10.1 Å². The molecule has 5 nitrogen and oxygen atoms in total. The number of ether oxygens (including phenoxy) is 1. The molecule has 0 radical (unpaired) electrons. The number of nitrogens with one attached hydrogen (secondary N) is 2. The van der Waals surface area contributed by atoms with Crippen molar-refractivity contribution in [3.05, 3.63) is 41.1 Å². The van der Waals surface area contributed by atoms with Gasteiger partial charge in [0.25, 0.3) is 5.91 Å². The number of aryl methyl sites for hydroxylation is 1. The average molecular weight is 243 g/mol. The van der Waals surface area contributed by atoms with E-state index in [1.807, 2.05) is 19.1 Å². The summed E-state index contributed by atoms with van der Waals surface area (Å²) in [5.74, 6) is 1.37. The Morgan fingerprint density at radius 2 is 2.39 bits per heavy atom. The lowest BCUT2D eigenvalue weighted by atomic mass is 10.1. The van der Waals surface area contributed by atoms with E-state index in [2.05, 4.69) is 15.5 Å². The van der Waals surface area contributed by atoms with Gasteiger partial charge in [-0.2, -0.15) is 5.10 Å². The van der Waals surface area contributed by atoms with Crippen LogP contribution in [0.15, 0.2) is 24.4 Å². The van der Waals surface area contributed by atoms with Crippen LogP contribution in [-0.2, 0) is 6.42 Å². The van der Waals surface area contributed by atoms with Crippen LogP contribution in [0.3, 0.4) is 0 Å². The number of hydrogen-bond donors (Lipinski definition) is 2. The van der Waals surface area contributed by atoms with E-state index >= 15 is 0 Å². The van der Waals surface area contributed by atoms with Crippen molar-refractivity contribution in [3.63, 3.8) is 0 Å². The second-order valence-electron chi connectivity index (χ2n) is 4.30. The molecule has 2 N–H and O–H groups in total. The summed E-state index contributed by atoms with van der Waals surface area (Å²) >= 11 is 0. The zero-order chi connectivity index (χ0) is 12.5. The smallest absolute Gasteiger partial charge is 0.256 e. The molecular weight excluding hydrogens is 230 g/mol. The largest absolute Gasteiger partial charge is 0.493 e. The molecule has 2 heterocycles. The summed E-state index contributed by atoms with van der Waals surface area (Å²) in [5, 5.41) is 9.42. The summed E-state index contributed by atoms with van der Waals surface area (Å²) < 4.78 is 5.41. The first-order valence-electron chi connectivity index (χ1n) is 5.81. The van der Waals surface area contributed by atoms with Crippen molar-refractivity contribution in [2.45, 2.75) is 13.3 Å². The Hall–Kier alpha value is -2.30. The molecular formula is C13H13N3O2. The maximum atomic E-state index is 12.1. The Morgan fingerprint density at radius 3 is 3.17 bits per heavy atom. The van der Waals surface area contributed by atoms with Crippen LogP contribution in [-0.4, -0.2) is 22.7 Å². The molecule has 0 saturated heterocycles. The summed E-state index contributed by atoms with van der Waals surface area (Å²) in [5.41, 5.74) is 2.63. The zero-order valence-corrected chi connectivity index (χ0v) is 9.99. The van der Waals surface area contributed by atoms with Crippen molar-refractivity contribution >= 4 is 11.7 Å². The van der Waals surface area contributed by atoms with Crippen molar-refractivity contribution in [3.8, 4) is 5.75 Å². The molecule has 0 aliphatic carbocycles. The van der Waals surface area contributed by atoms with Gasteiger partial charge in [-0.3, -0.25) is 9.89 Å².